The molecule has 0 saturated heterocycles. The molecule has 2 aromatic carbocycles. The topological polar surface area (TPSA) is 29.3 Å². The van der Waals surface area contributed by atoms with Crippen molar-refractivity contribution in [2.24, 2.45) is 5.73 Å². The maximum Gasteiger partial charge on any atom is 0.146 e. The van der Waals surface area contributed by atoms with Gasteiger partial charge in [-0.1, -0.05) is 42.5 Å². The number of hydrogen-bond donors (Lipinski definition) is 1. The fourth-order valence-electron chi connectivity index (χ4n) is 2.38. The van der Waals surface area contributed by atoms with Crippen LogP contribution >= 0.6 is 0 Å². The van der Waals surface area contributed by atoms with Gasteiger partial charge in [-0.25, -0.2) is 4.39 Å². The molecule has 2 nitrogen and oxygen atoms in total. The highest BCUT2D eigenvalue weighted by Crippen LogP contribution is 2.21. The first-order valence-corrected chi connectivity index (χ1v) is 6.93. The van der Waals surface area contributed by atoms with Crippen molar-refractivity contribution in [1.29, 1.82) is 0 Å². The maximum atomic E-state index is 13.8. The average Bonchev–Trinajstić information content (AvgIpc) is 2.49. The number of anilines is 1. The van der Waals surface area contributed by atoms with Gasteiger partial charge in [0.1, 0.15) is 5.82 Å². The second-order valence-corrected chi connectivity index (χ2v) is 4.98. The highest BCUT2D eigenvalue weighted by molar-refractivity contribution is 5.47. The van der Waals surface area contributed by atoms with Crippen LogP contribution in [0.2, 0.25) is 0 Å². The Hall–Kier alpha value is -1.87. The molecule has 2 N–H and O–H groups in total. The molecular weight excluding hydrogens is 251 g/mol. The number of aryl methyl sites for hydroxylation is 1. The molecule has 0 aliphatic heterocycles. The van der Waals surface area contributed by atoms with E-state index < -0.39 is 0 Å². The third-order valence-electron chi connectivity index (χ3n) is 3.66. The van der Waals surface area contributed by atoms with Crippen molar-refractivity contribution in [2.75, 3.05) is 18.5 Å². The molecule has 0 saturated carbocycles. The van der Waals surface area contributed by atoms with Gasteiger partial charge < -0.3 is 10.6 Å². The van der Waals surface area contributed by atoms with Crippen molar-refractivity contribution >= 4 is 5.69 Å². The Balaban J connectivity index is 2.03. The number of nitrogens with two attached hydrogens (primary N) is 1. The van der Waals surface area contributed by atoms with Gasteiger partial charge in [0.05, 0.1) is 5.69 Å². The molecule has 0 bridgehead atoms. The SMILES string of the molecule is CN(c1ccccc1F)C(CN)CCc1ccccc1. The number of likely N-dealkylation sites (N-methyl/N-ethyl adjacent to an activating group) is 1. The van der Waals surface area contributed by atoms with Crippen molar-refractivity contribution in [3.05, 3.63) is 66.0 Å². The molecule has 0 aromatic heterocycles. The van der Waals surface area contributed by atoms with Crippen LogP contribution in [0, 0.1) is 5.82 Å². The predicted octanol–water partition coefficient (Wildman–Crippen LogP) is 3.22. The quantitative estimate of drug-likeness (QED) is 0.875. The molecule has 3 heteroatoms. The van der Waals surface area contributed by atoms with E-state index in [9.17, 15) is 4.39 Å². The fraction of sp³-hybridized carbons (Fsp3) is 0.294. The summed E-state index contributed by atoms with van der Waals surface area (Å²) >= 11 is 0. The van der Waals surface area contributed by atoms with Gasteiger partial charge >= 0.3 is 0 Å². The minimum Gasteiger partial charge on any atom is -0.368 e. The number of para-hydroxylation sites is 1. The molecule has 0 heterocycles. The molecule has 20 heavy (non-hydrogen) atoms. The molecule has 1 unspecified atom stereocenters. The van der Waals surface area contributed by atoms with Crippen LogP contribution in [0.4, 0.5) is 10.1 Å². The molecule has 2 rings (SSSR count). The van der Waals surface area contributed by atoms with Gasteiger partial charge in [-0.05, 0) is 30.5 Å². The molecule has 0 aliphatic rings. The summed E-state index contributed by atoms with van der Waals surface area (Å²) in [6.45, 7) is 0.512. The van der Waals surface area contributed by atoms with E-state index in [4.69, 9.17) is 5.73 Å². The molecule has 1 atom stereocenters. The Labute approximate surface area is 120 Å². The van der Waals surface area contributed by atoms with Gasteiger partial charge in [-0.3, -0.25) is 0 Å². The molecule has 2 aromatic rings. The summed E-state index contributed by atoms with van der Waals surface area (Å²) in [6.07, 6.45) is 1.85. The molecule has 0 aliphatic carbocycles. The normalized spacial score (nSPS) is 12.2. The van der Waals surface area contributed by atoms with Crippen molar-refractivity contribution in [2.45, 2.75) is 18.9 Å². The van der Waals surface area contributed by atoms with Crippen LogP contribution in [-0.2, 0) is 6.42 Å². The van der Waals surface area contributed by atoms with Crippen molar-refractivity contribution in [3.8, 4) is 0 Å². The van der Waals surface area contributed by atoms with E-state index in [1.165, 1.54) is 11.6 Å². The van der Waals surface area contributed by atoms with Gasteiger partial charge in [0.15, 0.2) is 0 Å². The molecule has 0 spiro atoms. The van der Waals surface area contributed by atoms with E-state index in [0.717, 1.165) is 12.8 Å². The summed E-state index contributed by atoms with van der Waals surface area (Å²) in [4.78, 5) is 1.94. The van der Waals surface area contributed by atoms with Crippen molar-refractivity contribution in [3.63, 3.8) is 0 Å². The van der Waals surface area contributed by atoms with Gasteiger partial charge in [0.25, 0.3) is 0 Å². The monoisotopic (exact) mass is 272 g/mol. The largest absolute Gasteiger partial charge is 0.368 e. The lowest BCUT2D eigenvalue weighted by atomic mass is 10.0. The van der Waals surface area contributed by atoms with E-state index >= 15 is 0 Å². The van der Waals surface area contributed by atoms with Crippen LogP contribution in [-0.4, -0.2) is 19.6 Å². The Morgan fingerprint density at radius 2 is 1.70 bits per heavy atom. The second-order valence-electron chi connectivity index (χ2n) is 4.98. The third kappa shape index (κ3) is 3.58. The first-order valence-electron chi connectivity index (χ1n) is 6.93. The summed E-state index contributed by atoms with van der Waals surface area (Å²) in [7, 11) is 1.90. The lowest BCUT2D eigenvalue weighted by Crippen LogP contribution is -2.38. The zero-order chi connectivity index (χ0) is 14.4. The first-order chi connectivity index (χ1) is 9.72. The van der Waals surface area contributed by atoms with Gasteiger partial charge in [0.2, 0.25) is 0 Å². The summed E-state index contributed by atoms with van der Waals surface area (Å²) in [5, 5.41) is 0. The highest BCUT2D eigenvalue weighted by Gasteiger charge is 2.16. The lowest BCUT2D eigenvalue weighted by Gasteiger charge is -2.29. The van der Waals surface area contributed by atoms with Crippen LogP contribution in [0.5, 0.6) is 0 Å². The highest BCUT2D eigenvalue weighted by atomic mass is 19.1. The number of halogens is 1. The smallest absolute Gasteiger partial charge is 0.146 e. The van der Waals surface area contributed by atoms with E-state index in [1.54, 1.807) is 12.1 Å². The Bertz CT molecular complexity index is 528. The second kappa shape index (κ2) is 7.06. The molecule has 0 radical (unpaired) electrons. The Kier molecular flexibility index (Phi) is 5.13. The number of nitrogens with zero attached hydrogens (tertiary/aromatic N) is 1. The molecule has 0 fully saturated rings. The van der Waals surface area contributed by atoms with Crippen LogP contribution in [0.15, 0.2) is 54.6 Å². The van der Waals surface area contributed by atoms with Gasteiger partial charge in [-0.2, -0.15) is 0 Å². The maximum absolute atomic E-state index is 13.8. The van der Waals surface area contributed by atoms with Crippen LogP contribution in [0.25, 0.3) is 0 Å². The Morgan fingerprint density at radius 1 is 1.05 bits per heavy atom. The Morgan fingerprint density at radius 3 is 2.35 bits per heavy atom. The zero-order valence-electron chi connectivity index (χ0n) is 11.8. The van der Waals surface area contributed by atoms with E-state index in [-0.39, 0.29) is 11.9 Å². The number of benzene rings is 2. The summed E-state index contributed by atoms with van der Waals surface area (Å²) in [5.41, 5.74) is 7.75. The van der Waals surface area contributed by atoms with Crippen molar-refractivity contribution < 1.29 is 4.39 Å². The number of rotatable bonds is 6. The fourth-order valence-corrected chi connectivity index (χ4v) is 2.38. The van der Waals surface area contributed by atoms with E-state index in [2.05, 4.69) is 12.1 Å². The minimum absolute atomic E-state index is 0.132. The molecular formula is C17H21FN2. The van der Waals surface area contributed by atoms with Gasteiger partial charge in [-0.15, -0.1) is 0 Å². The van der Waals surface area contributed by atoms with Crippen LogP contribution in [0.1, 0.15) is 12.0 Å². The molecule has 106 valence electrons. The van der Waals surface area contributed by atoms with E-state index in [0.29, 0.717) is 12.2 Å². The standard InChI is InChI=1S/C17H21FN2/c1-20(17-10-6-5-9-16(17)18)15(13-19)12-11-14-7-3-2-4-8-14/h2-10,15H,11-13,19H2,1H3. The summed E-state index contributed by atoms with van der Waals surface area (Å²) in [5.74, 6) is -0.201. The first kappa shape index (κ1) is 14.5. The van der Waals surface area contributed by atoms with Gasteiger partial charge in [0, 0.05) is 19.6 Å². The van der Waals surface area contributed by atoms with E-state index in [1.807, 2.05) is 36.2 Å². The molecule has 0 amide bonds. The van der Waals surface area contributed by atoms with Crippen LogP contribution < -0.4 is 10.6 Å². The zero-order valence-corrected chi connectivity index (χ0v) is 11.8. The van der Waals surface area contributed by atoms with Crippen LogP contribution in [0.3, 0.4) is 0 Å². The lowest BCUT2D eigenvalue weighted by molar-refractivity contribution is 0.565. The summed E-state index contributed by atoms with van der Waals surface area (Å²) in [6, 6.07) is 17.3. The summed E-state index contributed by atoms with van der Waals surface area (Å²) < 4.78 is 13.8. The van der Waals surface area contributed by atoms with Crippen molar-refractivity contribution in [1.82, 2.24) is 0 Å². The third-order valence-corrected chi connectivity index (χ3v) is 3.66. The average molecular weight is 272 g/mol. The number of hydrogen-bond acceptors (Lipinski definition) is 2. The predicted molar refractivity (Wildman–Crippen MR) is 82.4 cm³/mol. The minimum atomic E-state index is -0.201.